The van der Waals surface area contributed by atoms with Crippen LogP contribution in [0, 0.1) is 12.7 Å². The van der Waals surface area contributed by atoms with Crippen LogP contribution in [0.15, 0.2) is 48.5 Å². The van der Waals surface area contributed by atoms with Crippen LogP contribution in [-0.4, -0.2) is 53.8 Å². The largest absolute Gasteiger partial charge is 0.351 e. The van der Waals surface area contributed by atoms with Gasteiger partial charge in [0.15, 0.2) is 0 Å². The van der Waals surface area contributed by atoms with Crippen molar-refractivity contribution in [1.29, 1.82) is 0 Å². The van der Waals surface area contributed by atoms with E-state index < -0.39 is 0 Å². The molecule has 5 nitrogen and oxygen atoms in total. The number of nitrogens with zero attached hydrogens (tertiary/aromatic N) is 2. The average Bonchev–Trinajstić information content (AvgIpc) is 2.73. The van der Waals surface area contributed by atoms with E-state index in [9.17, 15) is 14.0 Å². The van der Waals surface area contributed by atoms with Crippen molar-refractivity contribution in [3.8, 4) is 0 Å². The van der Waals surface area contributed by atoms with Gasteiger partial charge in [0.1, 0.15) is 5.82 Å². The maximum atomic E-state index is 13.7. The zero-order valence-electron chi connectivity index (χ0n) is 16.3. The number of halogens is 1. The molecule has 0 radical (unpaired) electrons. The van der Waals surface area contributed by atoms with Gasteiger partial charge in [-0.1, -0.05) is 36.4 Å². The van der Waals surface area contributed by atoms with Gasteiger partial charge in [0.25, 0.3) is 5.91 Å². The lowest BCUT2D eigenvalue weighted by Crippen LogP contribution is -2.54. The zero-order valence-corrected chi connectivity index (χ0v) is 16.3. The highest BCUT2D eigenvalue weighted by Gasteiger charge is 2.28. The SMILES string of the molecule is Cc1ccc(C(=O)N2CCN(C(C)C(=O)NCc3ccccc3)CC2)cc1F. The number of hydrogen-bond acceptors (Lipinski definition) is 3. The smallest absolute Gasteiger partial charge is 0.254 e. The summed E-state index contributed by atoms with van der Waals surface area (Å²) in [6.45, 7) is 6.32. The summed E-state index contributed by atoms with van der Waals surface area (Å²) >= 11 is 0. The topological polar surface area (TPSA) is 52.7 Å². The predicted molar refractivity (Wildman–Crippen MR) is 106 cm³/mol. The molecule has 1 heterocycles. The first-order chi connectivity index (χ1) is 13.5. The van der Waals surface area contributed by atoms with E-state index in [-0.39, 0.29) is 23.7 Å². The van der Waals surface area contributed by atoms with Gasteiger partial charge >= 0.3 is 0 Å². The fraction of sp³-hybridized carbons (Fsp3) is 0.364. The quantitative estimate of drug-likeness (QED) is 0.864. The Kier molecular flexibility index (Phi) is 6.41. The van der Waals surface area contributed by atoms with Gasteiger partial charge in [-0.25, -0.2) is 4.39 Å². The van der Waals surface area contributed by atoms with Crippen LogP contribution in [0.25, 0.3) is 0 Å². The molecule has 2 aromatic carbocycles. The molecular formula is C22H26FN3O2. The van der Waals surface area contributed by atoms with Crippen LogP contribution in [-0.2, 0) is 11.3 Å². The van der Waals surface area contributed by atoms with Gasteiger partial charge in [-0.15, -0.1) is 0 Å². The van der Waals surface area contributed by atoms with E-state index in [4.69, 9.17) is 0 Å². The van der Waals surface area contributed by atoms with Gasteiger partial charge in [-0.05, 0) is 37.1 Å². The second-order valence-electron chi connectivity index (χ2n) is 7.17. The Labute approximate surface area is 165 Å². The molecule has 1 aliphatic rings. The first kappa shape index (κ1) is 20.0. The van der Waals surface area contributed by atoms with Gasteiger partial charge < -0.3 is 10.2 Å². The molecule has 0 bridgehead atoms. The average molecular weight is 383 g/mol. The number of piperazine rings is 1. The van der Waals surface area contributed by atoms with Gasteiger partial charge in [-0.3, -0.25) is 14.5 Å². The monoisotopic (exact) mass is 383 g/mol. The third kappa shape index (κ3) is 4.75. The van der Waals surface area contributed by atoms with Crippen LogP contribution >= 0.6 is 0 Å². The second kappa shape index (κ2) is 8.97. The molecule has 0 aliphatic carbocycles. The number of hydrogen-bond donors (Lipinski definition) is 1. The number of aryl methyl sites for hydroxylation is 1. The minimum absolute atomic E-state index is 0.0239. The van der Waals surface area contributed by atoms with Crippen LogP contribution in [0.5, 0.6) is 0 Å². The number of benzene rings is 2. The molecule has 1 saturated heterocycles. The van der Waals surface area contributed by atoms with Gasteiger partial charge in [-0.2, -0.15) is 0 Å². The molecule has 28 heavy (non-hydrogen) atoms. The van der Waals surface area contributed by atoms with E-state index in [0.29, 0.717) is 43.9 Å². The third-order valence-electron chi connectivity index (χ3n) is 5.26. The van der Waals surface area contributed by atoms with E-state index >= 15 is 0 Å². The maximum absolute atomic E-state index is 13.7. The second-order valence-corrected chi connectivity index (χ2v) is 7.17. The number of carbonyl (C=O) groups is 2. The molecule has 0 aromatic heterocycles. The first-order valence-electron chi connectivity index (χ1n) is 9.57. The Bertz CT molecular complexity index is 833. The van der Waals surface area contributed by atoms with E-state index in [1.807, 2.05) is 37.3 Å². The Morgan fingerprint density at radius 2 is 1.75 bits per heavy atom. The molecular weight excluding hydrogens is 357 g/mol. The Balaban J connectivity index is 1.50. The molecule has 148 valence electrons. The lowest BCUT2D eigenvalue weighted by atomic mass is 10.1. The van der Waals surface area contributed by atoms with Gasteiger partial charge in [0.05, 0.1) is 6.04 Å². The molecule has 2 aromatic rings. The van der Waals surface area contributed by atoms with Crippen molar-refractivity contribution < 1.29 is 14.0 Å². The molecule has 0 saturated carbocycles. The number of carbonyl (C=O) groups excluding carboxylic acids is 2. The summed E-state index contributed by atoms with van der Waals surface area (Å²) in [6, 6.07) is 14.1. The number of amides is 2. The minimum atomic E-state index is -0.367. The standard InChI is InChI=1S/C22H26FN3O2/c1-16-8-9-19(14-20(16)23)22(28)26-12-10-25(11-13-26)17(2)21(27)24-15-18-6-4-3-5-7-18/h3-9,14,17H,10-13,15H2,1-2H3,(H,24,27). The minimum Gasteiger partial charge on any atom is -0.351 e. The molecule has 6 heteroatoms. The van der Waals surface area contributed by atoms with Crippen LogP contribution in [0.2, 0.25) is 0 Å². The van der Waals surface area contributed by atoms with Crippen LogP contribution in [0.1, 0.15) is 28.4 Å². The summed E-state index contributed by atoms with van der Waals surface area (Å²) in [5.41, 5.74) is 1.95. The highest BCUT2D eigenvalue weighted by molar-refractivity contribution is 5.94. The van der Waals surface area contributed by atoms with Crippen molar-refractivity contribution in [3.63, 3.8) is 0 Å². The summed E-state index contributed by atoms with van der Waals surface area (Å²) < 4.78 is 13.7. The molecule has 1 fully saturated rings. The lowest BCUT2D eigenvalue weighted by molar-refractivity contribution is -0.126. The van der Waals surface area contributed by atoms with E-state index in [0.717, 1.165) is 5.56 Å². The van der Waals surface area contributed by atoms with Gasteiger partial charge in [0.2, 0.25) is 5.91 Å². The van der Waals surface area contributed by atoms with Crippen molar-refractivity contribution in [2.45, 2.75) is 26.4 Å². The summed E-state index contributed by atoms with van der Waals surface area (Å²) in [5, 5.41) is 2.96. The Morgan fingerprint density at radius 1 is 1.07 bits per heavy atom. The molecule has 1 unspecified atom stereocenters. The zero-order chi connectivity index (χ0) is 20.1. The third-order valence-corrected chi connectivity index (χ3v) is 5.26. The summed E-state index contributed by atoms with van der Waals surface area (Å²) in [5.74, 6) is -0.558. The molecule has 1 atom stereocenters. The molecule has 0 spiro atoms. The number of nitrogens with one attached hydrogen (secondary N) is 1. The Hall–Kier alpha value is -2.73. The van der Waals surface area contributed by atoms with Crippen LogP contribution < -0.4 is 5.32 Å². The van der Waals surface area contributed by atoms with Crippen molar-refractivity contribution in [2.75, 3.05) is 26.2 Å². The van der Waals surface area contributed by atoms with Gasteiger partial charge in [0, 0.05) is 38.3 Å². The highest BCUT2D eigenvalue weighted by atomic mass is 19.1. The normalized spacial score (nSPS) is 15.9. The molecule has 2 amide bonds. The van der Waals surface area contributed by atoms with Crippen LogP contribution in [0.4, 0.5) is 4.39 Å². The van der Waals surface area contributed by atoms with Crippen molar-refractivity contribution in [2.24, 2.45) is 0 Å². The van der Waals surface area contributed by atoms with Crippen LogP contribution in [0.3, 0.4) is 0 Å². The van der Waals surface area contributed by atoms with Crippen molar-refractivity contribution in [3.05, 3.63) is 71.0 Å². The van der Waals surface area contributed by atoms with E-state index in [1.54, 1.807) is 24.0 Å². The molecule has 1 aliphatic heterocycles. The maximum Gasteiger partial charge on any atom is 0.254 e. The predicted octanol–water partition coefficient (Wildman–Crippen LogP) is 2.60. The fourth-order valence-corrected chi connectivity index (χ4v) is 3.32. The first-order valence-corrected chi connectivity index (χ1v) is 9.57. The van der Waals surface area contributed by atoms with E-state index in [2.05, 4.69) is 10.2 Å². The molecule has 3 rings (SSSR count). The summed E-state index contributed by atoms with van der Waals surface area (Å²) in [6.07, 6.45) is 0. The highest BCUT2D eigenvalue weighted by Crippen LogP contribution is 2.14. The fourth-order valence-electron chi connectivity index (χ4n) is 3.32. The number of rotatable bonds is 5. The Morgan fingerprint density at radius 3 is 2.39 bits per heavy atom. The summed E-state index contributed by atoms with van der Waals surface area (Å²) in [7, 11) is 0. The van der Waals surface area contributed by atoms with Crippen molar-refractivity contribution in [1.82, 2.24) is 15.1 Å². The summed E-state index contributed by atoms with van der Waals surface area (Å²) in [4.78, 5) is 28.8. The molecule has 1 N–H and O–H groups in total. The van der Waals surface area contributed by atoms with E-state index in [1.165, 1.54) is 6.07 Å². The lowest BCUT2D eigenvalue weighted by Gasteiger charge is -2.37. The van der Waals surface area contributed by atoms with Crippen molar-refractivity contribution >= 4 is 11.8 Å².